The lowest BCUT2D eigenvalue weighted by Crippen LogP contribution is -2.06. The van der Waals surface area contributed by atoms with Crippen LogP contribution in [0.2, 0.25) is 0 Å². The van der Waals surface area contributed by atoms with Gasteiger partial charge in [-0.25, -0.2) is 0 Å². The van der Waals surface area contributed by atoms with Crippen molar-refractivity contribution in [3.05, 3.63) is 0 Å². The molecule has 0 aromatic rings. The van der Waals surface area contributed by atoms with Crippen molar-refractivity contribution < 1.29 is 4.57 Å². The predicted molar refractivity (Wildman–Crippen MR) is 33.1 cm³/mol. The molecule has 7 heavy (non-hydrogen) atoms. The van der Waals surface area contributed by atoms with Gasteiger partial charge < -0.3 is 4.57 Å². The van der Waals surface area contributed by atoms with Crippen molar-refractivity contribution in [2.75, 3.05) is 19.9 Å². The van der Waals surface area contributed by atoms with Gasteiger partial charge in [0.05, 0.1) is 0 Å². The first-order valence-corrected chi connectivity index (χ1v) is 4.96. The lowest BCUT2D eigenvalue weighted by Gasteiger charge is -2.03. The number of hydrogen-bond acceptors (Lipinski definition) is 1. The second-order valence-corrected chi connectivity index (χ2v) is 4.88. The lowest BCUT2D eigenvalue weighted by molar-refractivity contribution is 0.574. The van der Waals surface area contributed by atoms with Crippen LogP contribution in [-0.2, 0) is 4.57 Å². The van der Waals surface area contributed by atoms with Gasteiger partial charge in [0.25, 0.3) is 0 Å². The molecule has 0 unspecified atom stereocenters. The summed E-state index contributed by atoms with van der Waals surface area (Å²) in [6.07, 6.45) is 0. The molecule has 3 heteroatoms. The Labute approximate surface area is 44.7 Å². The maximum atomic E-state index is 10.7. The molecule has 0 atom stereocenters. The zero-order valence-corrected chi connectivity index (χ0v) is 5.96. The number of nitrogens with one attached hydrogen (secondary N) is 1. The van der Waals surface area contributed by atoms with E-state index in [0.717, 1.165) is 6.54 Å². The summed E-state index contributed by atoms with van der Waals surface area (Å²) < 4.78 is 10.7. The molecule has 1 N–H and O–H groups in total. The third kappa shape index (κ3) is 6.19. The van der Waals surface area contributed by atoms with E-state index in [2.05, 4.69) is 5.09 Å². The summed E-state index contributed by atoms with van der Waals surface area (Å²) in [5, 5.41) is 2.84. The van der Waals surface area contributed by atoms with E-state index in [1.807, 2.05) is 6.92 Å². The van der Waals surface area contributed by atoms with Gasteiger partial charge in [0, 0.05) is 13.3 Å². The summed E-state index contributed by atoms with van der Waals surface area (Å²) in [5.74, 6) is 0. The largest absolute Gasteiger partial charge is 0.307 e. The van der Waals surface area contributed by atoms with Crippen LogP contribution in [0.25, 0.3) is 0 Å². The van der Waals surface area contributed by atoms with Gasteiger partial charge >= 0.3 is 0 Å². The Morgan fingerprint density at radius 1 is 1.57 bits per heavy atom. The highest BCUT2D eigenvalue weighted by molar-refractivity contribution is 7.60. The molecule has 0 fully saturated rings. The first-order chi connectivity index (χ1) is 3.06. The molecule has 0 saturated carbocycles. The zero-order chi connectivity index (χ0) is 5.91. The molecule has 0 saturated heterocycles. The third-order valence-corrected chi connectivity index (χ3v) is 1.62. The predicted octanol–water partition coefficient (Wildman–Crippen LogP) is 1.13. The smallest absolute Gasteiger partial charge is 0.141 e. The van der Waals surface area contributed by atoms with E-state index >= 15 is 0 Å². The highest BCUT2D eigenvalue weighted by Crippen LogP contribution is 2.28. The fraction of sp³-hybridized carbons (Fsp3) is 1.00. The summed E-state index contributed by atoms with van der Waals surface area (Å²) in [5.41, 5.74) is 0. The maximum absolute atomic E-state index is 10.7. The molecule has 0 bridgehead atoms. The molecular weight excluding hydrogens is 109 g/mol. The fourth-order valence-corrected chi connectivity index (χ4v) is 1.14. The van der Waals surface area contributed by atoms with Gasteiger partial charge in [-0.1, -0.05) is 6.92 Å². The van der Waals surface area contributed by atoms with E-state index in [9.17, 15) is 4.57 Å². The number of rotatable bonds is 2. The van der Waals surface area contributed by atoms with Gasteiger partial charge in [0.2, 0.25) is 0 Å². The maximum Gasteiger partial charge on any atom is 0.141 e. The van der Waals surface area contributed by atoms with Crippen LogP contribution in [0.3, 0.4) is 0 Å². The summed E-state index contributed by atoms with van der Waals surface area (Å²) in [6.45, 7) is 6.18. The van der Waals surface area contributed by atoms with Gasteiger partial charge in [0.15, 0.2) is 0 Å². The van der Waals surface area contributed by atoms with Crippen LogP contribution in [0, 0.1) is 0 Å². The monoisotopic (exact) mass is 121 g/mol. The minimum absolute atomic E-state index is 0.796. The second kappa shape index (κ2) is 2.49. The molecule has 0 aromatic heterocycles. The molecule has 0 aliphatic rings. The fourth-order valence-electron chi connectivity index (χ4n) is 0.381. The topological polar surface area (TPSA) is 29.1 Å². The van der Waals surface area contributed by atoms with Crippen LogP contribution >= 0.6 is 7.29 Å². The van der Waals surface area contributed by atoms with Crippen LogP contribution < -0.4 is 5.09 Å². The molecule has 2 nitrogen and oxygen atoms in total. The molecule has 0 radical (unpaired) electrons. The lowest BCUT2D eigenvalue weighted by atomic mass is 10.8. The van der Waals surface area contributed by atoms with Crippen molar-refractivity contribution in [1.82, 2.24) is 5.09 Å². The first-order valence-electron chi connectivity index (χ1n) is 2.36. The van der Waals surface area contributed by atoms with Crippen molar-refractivity contribution in [3.8, 4) is 0 Å². The Morgan fingerprint density at radius 3 is 2.00 bits per heavy atom. The van der Waals surface area contributed by atoms with E-state index in [4.69, 9.17) is 0 Å². The van der Waals surface area contributed by atoms with Crippen molar-refractivity contribution in [2.45, 2.75) is 6.92 Å². The van der Waals surface area contributed by atoms with Crippen molar-refractivity contribution >= 4 is 7.29 Å². The van der Waals surface area contributed by atoms with Gasteiger partial charge in [0.1, 0.15) is 7.29 Å². The molecule has 0 heterocycles. The Kier molecular flexibility index (Phi) is 2.55. The van der Waals surface area contributed by atoms with Gasteiger partial charge in [-0.2, -0.15) is 0 Å². The zero-order valence-electron chi connectivity index (χ0n) is 5.06. The third-order valence-electron chi connectivity index (χ3n) is 0.539. The summed E-state index contributed by atoms with van der Waals surface area (Å²) in [4.78, 5) is 0. The van der Waals surface area contributed by atoms with E-state index in [-0.39, 0.29) is 0 Å². The SMILES string of the molecule is CCNP(C)(C)=O. The van der Waals surface area contributed by atoms with Crippen molar-refractivity contribution in [3.63, 3.8) is 0 Å². The highest BCUT2D eigenvalue weighted by Gasteiger charge is 1.99. The highest BCUT2D eigenvalue weighted by atomic mass is 31.2. The van der Waals surface area contributed by atoms with Crippen LogP contribution in [0.1, 0.15) is 6.92 Å². The molecule has 44 valence electrons. The van der Waals surface area contributed by atoms with Crippen LogP contribution in [0.4, 0.5) is 0 Å². The molecule has 0 spiro atoms. The van der Waals surface area contributed by atoms with E-state index < -0.39 is 7.29 Å². The summed E-state index contributed by atoms with van der Waals surface area (Å²) in [7, 11) is -1.92. The standard InChI is InChI=1S/C4H12NOP/c1-4-5-7(2,3)6/h4H2,1-3H3,(H,5,6). The molecule has 0 amide bonds. The Hall–Kier alpha value is 0.190. The average Bonchev–Trinajstić information content (AvgIpc) is 1.30. The Balaban J connectivity index is 3.36. The number of hydrogen-bond donors (Lipinski definition) is 1. The second-order valence-electron chi connectivity index (χ2n) is 1.86. The summed E-state index contributed by atoms with van der Waals surface area (Å²) in [6, 6.07) is 0. The van der Waals surface area contributed by atoms with Crippen LogP contribution in [-0.4, -0.2) is 19.9 Å². The molecular formula is C4H12NOP. The normalized spacial score (nSPS) is 11.9. The quantitative estimate of drug-likeness (QED) is 0.555. The molecule has 0 aliphatic heterocycles. The molecule has 0 rings (SSSR count). The minimum Gasteiger partial charge on any atom is -0.307 e. The van der Waals surface area contributed by atoms with Gasteiger partial charge in [-0.05, 0) is 6.54 Å². The average molecular weight is 121 g/mol. The van der Waals surface area contributed by atoms with Crippen molar-refractivity contribution in [1.29, 1.82) is 0 Å². The molecule has 0 aromatic carbocycles. The van der Waals surface area contributed by atoms with Crippen LogP contribution in [0.15, 0.2) is 0 Å². The Bertz CT molecular complexity index is 85.7. The van der Waals surface area contributed by atoms with E-state index in [1.54, 1.807) is 13.3 Å². The van der Waals surface area contributed by atoms with E-state index in [0.29, 0.717) is 0 Å². The van der Waals surface area contributed by atoms with E-state index in [1.165, 1.54) is 0 Å². The van der Waals surface area contributed by atoms with Gasteiger partial charge in [-0.3, -0.25) is 5.09 Å². The minimum atomic E-state index is -1.92. The Morgan fingerprint density at radius 2 is 2.00 bits per heavy atom. The van der Waals surface area contributed by atoms with Crippen LogP contribution in [0.5, 0.6) is 0 Å². The van der Waals surface area contributed by atoms with Gasteiger partial charge in [-0.15, -0.1) is 0 Å². The first kappa shape index (κ1) is 7.19. The molecule has 0 aliphatic carbocycles. The van der Waals surface area contributed by atoms with Crippen molar-refractivity contribution in [2.24, 2.45) is 0 Å². The summed E-state index contributed by atoms with van der Waals surface area (Å²) >= 11 is 0.